The number of aryl methyl sites for hydroxylation is 1. The maximum atomic E-state index is 11.8. The molecule has 96 valence electrons. The second-order valence-corrected chi connectivity index (χ2v) is 5.08. The molecule has 0 aliphatic heterocycles. The summed E-state index contributed by atoms with van der Waals surface area (Å²) in [4.78, 5) is 13.9. The molecule has 1 heterocycles. The number of amides is 1. The zero-order chi connectivity index (χ0) is 13.0. The highest BCUT2D eigenvalue weighted by Crippen LogP contribution is 2.19. The summed E-state index contributed by atoms with van der Waals surface area (Å²) in [6.07, 6.45) is 0.933. The molecule has 0 aliphatic rings. The summed E-state index contributed by atoms with van der Waals surface area (Å²) < 4.78 is 2.46. The Hall–Kier alpha value is -0.880. The smallest absolute Gasteiger partial charge is 0.272 e. The van der Waals surface area contributed by atoms with Crippen LogP contribution in [0.4, 0.5) is 0 Å². The lowest BCUT2D eigenvalue weighted by atomic mass is 10.3. The quantitative estimate of drug-likeness (QED) is 0.831. The van der Waals surface area contributed by atoms with Crippen LogP contribution in [-0.2, 0) is 7.05 Å². The number of rotatable bonds is 5. The van der Waals surface area contributed by atoms with Crippen molar-refractivity contribution >= 4 is 21.8 Å². The lowest BCUT2D eigenvalue weighted by molar-refractivity contribution is 0.0946. The first-order valence-electron chi connectivity index (χ1n) is 5.55. The van der Waals surface area contributed by atoms with Gasteiger partial charge in [-0.25, -0.2) is 0 Å². The van der Waals surface area contributed by atoms with Gasteiger partial charge in [0.1, 0.15) is 0 Å². The highest BCUT2D eigenvalue weighted by molar-refractivity contribution is 9.10. The number of hydrogen-bond donors (Lipinski definition) is 1. The third kappa shape index (κ3) is 3.81. The van der Waals surface area contributed by atoms with Gasteiger partial charge in [-0.05, 0) is 49.9 Å². The molecule has 0 saturated carbocycles. The fourth-order valence-electron chi connectivity index (χ4n) is 1.41. The van der Waals surface area contributed by atoms with Gasteiger partial charge < -0.3 is 10.2 Å². The molecule has 1 aromatic rings. The van der Waals surface area contributed by atoms with Crippen molar-refractivity contribution in [2.75, 3.05) is 27.2 Å². The molecule has 17 heavy (non-hydrogen) atoms. The average molecular weight is 303 g/mol. The summed E-state index contributed by atoms with van der Waals surface area (Å²) in [5.41, 5.74) is 1.40. The molecule has 1 N–H and O–H groups in total. The van der Waals surface area contributed by atoms with Crippen molar-refractivity contribution in [1.29, 1.82) is 0 Å². The van der Waals surface area contributed by atoms with Crippen LogP contribution in [0.3, 0.4) is 0 Å². The average Bonchev–Trinajstić information content (AvgIpc) is 2.52. The van der Waals surface area contributed by atoms with E-state index >= 15 is 0 Å². The lowest BCUT2D eigenvalue weighted by Crippen LogP contribution is -2.27. The molecule has 0 aliphatic carbocycles. The van der Waals surface area contributed by atoms with E-state index in [9.17, 15) is 4.79 Å². The van der Waals surface area contributed by atoms with Gasteiger partial charge in [0.15, 0.2) is 5.69 Å². The zero-order valence-corrected chi connectivity index (χ0v) is 12.3. The van der Waals surface area contributed by atoms with E-state index in [1.54, 1.807) is 4.68 Å². The molecular weight excluding hydrogens is 284 g/mol. The number of hydrogen-bond acceptors (Lipinski definition) is 3. The van der Waals surface area contributed by atoms with Crippen LogP contribution in [0.5, 0.6) is 0 Å². The first-order valence-corrected chi connectivity index (χ1v) is 6.34. The van der Waals surface area contributed by atoms with Crippen LogP contribution < -0.4 is 5.32 Å². The number of halogens is 1. The van der Waals surface area contributed by atoms with Crippen molar-refractivity contribution in [2.24, 2.45) is 7.05 Å². The van der Waals surface area contributed by atoms with Crippen molar-refractivity contribution in [3.05, 3.63) is 15.9 Å². The second kappa shape index (κ2) is 6.16. The molecule has 1 rings (SSSR count). The molecule has 1 amide bonds. The van der Waals surface area contributed by atoms with E-state index in [0.29, 0.717) is 12.2 Å². The summed E-state index contributed by atoms with van der Waals surface area (Å²) >= 11 is 3.38. The van der Waals surface area contributed by atoms with Crippen LogP contribution >= 0.6 is 15.9 Å². The Kier molecular flexibility index (Phi) is 5.14. The molecule has 5 nitrogen and oxygen atoms in total. The third-order valence-corrected chi connectivity index (χ3v) is 3.49. The van der Waals surface area contributed by atoms with Gasteiger partial charge in [-0.2, -0.15) is 5.10 Å². The Bertz CT molecular complexity index is 400. The van der Waals surface area contributed by atoms with Gasteiger partial charge in [-0.3, -0.25) is 9.48 Å². The van der Waals surface area contributed by atoms with E-state index in [1.165, 1.54) is 0 Å². The van der Waals surface area contributed by atoms with Crippen molar-refractivity contribution in [2.45, 2.75) is 13.3 Å². The molecule has 0 aromatic carbocycles. The molecule has 0 spiro atoms. The van der Waals surface area contributed by atoms with Crippen LogP contribution in [0.1, 0.15) is 22.6 Å². The van der Waals surface area contributed by atoms with Crippen molar-refractivity contribution in [1.82, 2.24) is 20.0 Å². The fourth-order valence-corrected chi connectivity index (χ4v) is 1.92. The summed E-state index contributed by atoms with van der Waals surface area (Å²) in [6, 6.07) is 0. The minimum absolute atomic E-state index is 0.126. The van der Waals surface area contributed by atoms with Crippen LogP contribution in [0.15, 0.2) is 4.47 Å². The number of carbonyl (C=O) groups excluding carboxylic acids is 1. The molecule has 0 atom stereocenters. The highest BCUT2D eigenvalue weighted by Gasteiger charge is 2.16. The van der Waals surface area contributed by atoms with Crippen molar-refractivity contribution < 1.29 is 4.79 Å². The van der Waals surface area contributed by atoms with Crippen LogP contribution in [0, 0.1) is 6.92 Å². The minimum Gasteiger partial charge on any atom is -0.351 e. The summed E-state index contributed by atoms with van der Waals surface area (Å²) in [5.74, 6) is -0.126. The predicted octanol–water partition coefficient (Wildman–Crippen LogP) is 1.17. The van der Waals surface area contributed by atoms with Gasteiger partial charge >= 0.3 is 0 Å². The van der Waals surface area contributed by atoms with Crippen molar-refractivity contribution in [3.8, 4) is 0 Å². The second-order valence-electron chi connectivity index (χ2n) is 4.28. The fraction of sp³-hybridized carbons (Fsp3) is 0.636. The van der Waals surface area contributed by atoms with Gasteiger partial charge in [0, 0.05) is 13.6 Å². The van der Waals surface area contributed by atoms with E-state index in [2.05, 4.69) is 31.2 Å². The molecule has 0 unspecified atom stereocenters. The Labute approximate surface area is 110 Å². The van der Waals surface area contributed by atoms with Gasteiger partial charge in [0.25, 0.3) is 5.91 Å². The number of nitrogens with one attached hydrogen (secondary N) is 1. The number of nitrogens with zero attached hydrogens (tertiary/aromatic N) is 3. The zero-order valence-electron chi connectivity index (χ0n) is 10.7. The van der Waals surface area contributed by atoms with E-state index in [0.717, 1.165) is 23.1 Å². The van der Waals surface area contributed by atoms with Crippen molar-refractivity contribution in [3.63, 3.8) is 0 Å². The molecule has 0 bridgehead atoms. The predicted molar refractivity (Wildman–Crippen MR) is 71.1 cm³/mol. The van der Waals surface area contributed by atoms with E-state index in [-0.39, 0.29) is 5.91 Å². The lowest BCUT2D eigenvalue weighted by Gasteiger charge is -2.09. The van der Waals surface area contributed by atoms with Gasteiger partial charge in [-0.15, -0.1) is 0 Å². The van der Waals surface area contributed by atoms with E-state index < -0.39 is 0 Å². The summed E-state index contributed by atoms with van der Waals surface area (Å²) in [7, 11) is 5.85. The topological polar surface area (TPSA) is 50.2 Å². The Morgan fingerprint density at radius 1 is 1.53 bits per heavy atom. The molecule has 0 radical (unpaired) electrons. The Morgan fingerprint density at radius 2 is 2.18 bits per heavy atom. The van der Waals surface area contributed by atoms with Gasteiger partial charge in [-0.1, -0.05) is 0 Å². The number of carbonyl (C=O) groups is 1. The van der Waals surface area contributed by atoms with E-state index in [1.807, 2.05) is 28.1 Å². The summed E-state index contributed by atoms with van der Waals surface area (Å²) in [5, 5.41) is 7.04. The van der Waals surface area contributed by atoms with Crippen LogP contribution in [0.2, 0.25) is 0 Å². The SMILES string of the molecule is Cc1c(Br)c(C(=O)NCCCN(C)C)nn1C. The highest BCUT2D eigenvalue weighted by atomic mass is 79.9. The van der Waals surface area contributed by atoms with Gasteiger partial charge in [0.2, 0.25) is 0 Å². The molecular formula is C11H19BrN4O. The largest absolute Gasteiger partial charge is 0.351 e. The minimum atomic E-state index is -0.126. The van der Waals surface area contributed by atoms with Crippen LogP contribution in [-0.4, -0.2) is 47.8 Å². The standard InChI is InChI=1S/C11H19BrN4O/c1-8-9(12)10(14-16(8)4)11(17)13-6-5-7-15(2)3/h5-7H2,1-4H3,(H,13,17). The number of aromatic nitrogens is 2. The Balaban J connectivity index is 2.50. The van der Waals surface area contributed by atoms with Crippen LogP contribution in [0.25, 0.3) is 0 Å². The maximum Gasteiger partial charge on any atom is 0.272 e. The molecule has 6 heteroatoms. The first kappa shape index (κ1) is 14.2. The normalized spacial score (nSPS) is 10.9. The maximum absolute atomic E-state index is 11.8. The summed E-state index contributed by atoms with van der Waals surface area (Å²) in [6.45, 7) is 3.54. The Morgan fingerprint density at radius 3 is 2.65 bits per heavy atom. The monoisotopic (exact) mass is 302 g/mol. The van der Waals surface area contributed by atoms with E-state index in [4.69, 9.17) is 0 Å². The molecule has 0 fully saturated rings. The third-order valence-electron chi connectivity index (χ3n) is 2.54. The first-order chi connectivity index (χ1) is 7.93. The molecule has 1 aromatic heterocycles. The molecule has 0 saturated heterocycles. The van der Waals surface area contributed by atoms with Gasteiger partial charge in [0.05, 0.1) is 10.2 Å².